The van der Waals surface area contributed by atoms with Crippen LogP contribution in [-0.2, 0) is 26.4 Å². The summed E-state index contributed by atoms with van der Waals surface area (Å²) in [6.07, 6.45) is 39.7. The predicted molar refractivity (Wildman–Crippen MR) is 177 cm³/mol. The molecule has 0 saturated carbocycles. The molecule has 0 saturated heterocycles. The summed E-state index contributed by atoms with van der Waals surface area (Å²) < 4.78 is 0. The van der Waals surface area contributed by atoms with E-state index < -0.39 is 11.9 Å². The van der Waals surface area contributed by atoms with E-state index in [0.29, 0.717) is 0 Å². The van der Waals surface area contributed by atoms with Crippen LogP contribution in [0.15, 0.2) is 0 Å². The van der Waals surface area contributed by atoms with Crippen LogP contribution in [-0.4, -0.2) is 11.9 Å². The van der Waals surface area contributed by atoms with Crippen LogP contribution in [0.4, 0.5) is 0 Å². The smallest absolute Gasteiger partial charge is 0.550 e. The molecular weight excluding hydrogens is 587 g/mol. The number of carbonyl (C=O) groups is 2. The van der Waals surface area contributed by atoms with Crippen molar-refractivity contribution in [3.8, 4) is 0 Å². The first-order valence-electron chi connectivity index (χ1n) is 17.9. The van der Waals surface area contributed by atoms with E-state index >= 15 is 0 Å². The van der Waals surface area contributed by atoms with Gasteiger partial charge in [0.15, 0.2) is 0 Å². The van der Waals surface area contributed by atoms with Gasteiger partial charge in [0.05, 0.1) is 0 Å². The average molecular weight is 658 g/mol. The minimum absolute atomic E-state index is 0. The summed E-state index contributed by atoms with van der Waals surface area (Å²) in [7, 11) is 0. The molecule has 0 bridgehead atoms. The molecule has 0 aliphatic carbocycles. The summed E-state index contributed by atoms with van der Waals surface area (Å²) in [5.41, 5.74) is 0. The Balaban J connectivity index is -0.000000328. The van der Waals surface area contributed by atoms with Crippen molar-refractivity contribution < 1.29 is 36.6 Å². The van der Waals surface area contributed by atoms with Crippen LogP contribution in [0.2, 0.25) is 0 Å². The Labute approximate surface area is 280 Å². The standard InChI is InChI=1S/2C18H36O2.Co.S/c2*1-2-3-4-5-6-7-8-9-10-11-12-13-14-15-16-17-18(19)20;;/h2*2-17H2,1H3,(H,19,20);;/q;;+2;/p-2. The first kappa shape index (κ1) is 48.7. The Morgan fingerprint density at radius 3 is 0.619 bits per heavy atom. The Morgan fingerprint density at radius 2 is 0.476 bits per heavy atom. The van der Waals surface area contributed by atoms with E-state index in [1.165, 1.54) is 167 Å². The van der Waals surface area contributed by atoms with Gasteiger partial charge in [0.2, 0.25) is 0 Å². The number of hydrogen-bond donors (Lipinski definition) is 0. The molecule has 0 heterocycles. The van der Waals surface area contributed by atoms with E-state index in [0.717, 1.165) is 25.7 Å². The fourth-order valence-electron chi connectivity index (χ4n) is 5.28. The second kappa shape index (κ2) is 45.2. The average Bonchev–Trinajstić information content (AvgIpc) is 2.93. The molecule has 0 N–H and O–H groups in total. The van der Waals surface area contributed by atoms with E-state index in [-0.39, 0.29) is 43.1 Å². The molecule has 0 fully saturated rings. The number of carbonyl (C=O) groups excluding carboxylic acids is 2. The maximum absolute atomic E-state index is 10.2. The predicted octanol–water partition coefficient (Wildman–Crippen LogP) is 10.6. The van der Waals surface area contributed by atoms with Gasteiger partial charge in [0, 0.05) is 25.4 Å². The first-order chi connectivity index (χ1) is 19.5. The molecule has 0 aromatic rings. The molecule has 3 radical (unpaired) electrons. The van der Waals surface area contributed by atoms with Gasteiger partial charge < -0.3 is 19.8 Å². The monoisotopic (exact) mass is 657 g/mol. The first-order valence-corrected chi connectivity index (χ1v) is 17.9. The van der Waals surface area contributed by atoms with Crippen molar-refractivity contribution >= 4 is 25.4 Å². The number of aliphatic carboxylic acids is 2. The van der Waals surface area contributed by atoms with Crippen LogP contribution >= 0.6 is 13.5 Å². The van der Waals surface area contributed by atoms with Crippen LogP contribution in [0.5, 0.6) is 0 Å². The van der Waals surface area contributed by atoms with E-state index in [1.54, 1.807) is 0 Å². The fourth-order valence-corrected chi connectivity index (χ4v) is 5.28. The molecule has 0 aliphatic heterocycles. The molecule has 253 valence electrons. The summed E-state index contributed by atoms with van der Waals surface area (Å²) in [6.45, 7) is 4.53. The quantitative estimate of drug-likeness (QED) is 0.0674. The molecule has 42 heavy (non-hydrogen) atoms. The molecule has 0 spiro atoms. The molecule has 0 unspecified atom stereocenters. The zero-order valence-electron chi connectivity index (χ0n) is 28.0. The summed E-state index contributed by atoms with van der Waals surface area (Å²) in [5.74, 6) is -1.81. The fraction of sp³-hybridized carbons (Fsp3) is 0.944. The van der Waals surface area contributed by atoms with Crippen molar-refractivity contribution in [1.82, 2.24) is 0 Å². The van der Waals surface area contributed by atoms with E-state index in [4.69, 9.17) is 0 Å². The van der Waals surface area contributed by atoms with Crippen LogP contribution in [0.3, 0.4) is 0 Å². The summed E-state index contributed by atoms with van der Waals surface area (Å²) in [4.78, 5) is 20.4. The van der Waals surface area contributed by atoms with E-state index in [1.807, 2.05) is 0 Å². The number of carboxylic acid groups (broad SMARTS) is 2. The van der Waals surface area contributed by atoms with Crippen molar-refractivity contribution in [2.24, 2.45) is 0 Å². The Kier molecular flexibility index (Phi) is 52.4. The largest absolute Gasteiger partial charge is 2.00 e. The maximum atomic E-state index is 10.2. The van der Waals surface area contributed by atoms with Crippen molar-refractivity contribution in [3.05, 3.63) is 0 Å². The molecular formula is C36H70CoO4S. The van der Waals surface area contributed by atoms with Crippen LogP contribution in [0.25, 0.3) is 0 Å². The molecule has 4 nitrogen and oxygen atoms in total. The van der Waals surface area contributed by atoms with Gasteiger partial charge in [-0.3, -0.25) is 0 Å². The van der Waals surface area contributed by atoms with Crippen LogP contribution in [0, 0.1) is 0 Å². The SMILES string of the molecule is CCCCCCCCCCCCCCCCCC(=O)[O-].CCCCCCCCCCCCCCCCCC(=O)[O-].[Co+2].[S]. The van der Waals surface area contributed by atoms with Crippen LogP contribution in [0.1, 0.15) is 219 Å². The van der Waals surface area contributed by atoms with Crippen molar-refractivity contribution in [2.45, 2.75) is 219 Å². The van der Waals surface area contributed by atoms with Crippen molar-refractivity contribution in [3.63, 3.8) is 0 Å². The van der Waals surface area contributed by atoms with Gasteiger partial charge in [-0.25, -0.2) is 0 Å². The molecule has 0 aromatic heterocycles. The molecule has 0 rings (SSSR count). The third-order valence-corrected chi connectivity index (χ3v) is 7.97. The Morgan fingerprint density at radius 1 is 0.333 bits per heavy atom. The number of hydrogen-bond acceptors (Lipinski definition) is 4. The van der Waals surface area contributed by atoms with Gasteiger partial charge in [-0.15, -0.1) is 0 Å². The molecule has 0 aliphatic rings. The van der Waals surface area contributed by atoms with Gasteiger partial charge in [0.25, 0.3) is 0 Å². The Bertz CT molecular complexity index is 461. The second-order valence-corrected chi connectivity index (χ2v) is 12.1. The van der Waals surface area contributed by atoms with Gasteiger partial charge in [-0.1, -0.05) is 194 Å². The van der Waals surface area contributed by atoms with Gasteiger partial charge in [-0.2, -0.15) is 0 Å². The third-order valence-electron chi connectivity index (χ3n) is 7.97. The molecule has 0 aromatic carbocycles. The van der Waals surface area contributed by atoms with Gasteiger partial charge >= 0.3 is 16.8 Å². The summed E-state index contributed by atoms with van der Waals surface area (Å²) >= 11 is 0. The van der Waals surface area contributed by atoms with Crippen molar-refractivity contribution in [1.29, 1.82) is 0 Å². The number of rotatable bonds is 32. The minimum Gasteiger partial charge on any atom is -0.550 e. The second-order valence-electron chi connectivity index (χ2n) is 12.1. The van der Waals surface area contributed by atoms with E-state index in [9.17, 15) is 19.8 Å². The van der Waals surface area contributed by atoms with Crippen LogP contribution < -0.4 is 10.2 Å². The topological polar surface area (TPSA) is 80.3 Å². The molecule has 0 amide bonds. The third kappa shape index (κ3) is 52.4. The maximum Gasteiger partial charge on any atom is 2.00 e. The van der Waals surface area contributed by atoms with E-state index in [2.05, 4.69) is 13.8 Å². The zero-order valence-corrected chi connectivity index (χ0v) is 29.9. The summed E-state index contributed by atoms with van der Waals surface area (Å²) in [6, 6.07) is 0. The zero-order chi connectivity index (χ0) is 29.8. The number of carboxylic acids is 2. The van der Waals surface area contributed by atoms with Gasteiger partial charge in [-0.05, 0) is 25.7 Å². The normalized spacial score (nSPS) is 10.3. The van der Waals surface area contributed by atoms with Crippen molar-refractivity contribution in [2.75, 3.05) is 0 Å². The summed E-state index contributed by atoms with van der Waals surface area (Å²) in [5, 5.41) is 20.4. The molecule has 0 atom stereocenters. The minimum atomic E-state index is -0.903. The molecule has 6 heteroatoms. The number of unbranched alkanes of at least 4 members (excludes halogenated alkanes) is 28. The van der Waals surface area contributed by atoms with Gasteiger partial charge in [0.1, 0.15) is 0 Å². The Hall–Kier alpha value is -0.204.